The summed E-state index contributed by atoms with van der Waals surface area (Å²) in [5.74, 6) is -0.429. The zero-order valence-corrected chi connectivity index (χ0v) is 23.4. The number of hydrogen-bond donors (Lipinski definition) is 1. The number of carbonyl (C=O) groups excluding carboxylic acids is 2. The number of benzene rings is 3. The van der Waals surface area contributed by atoms with Crippen LogP contribution in [-0.2, 0) is 28.3 Å². The van der Waals surface area contributed by atoms with Crippen LogP contribution in [0, 0.1) is 5.82 Å². The maximum absolute atomic E-state index is 14.3. The minimum atomic E-state index is -0.706. The molecule has 38 heavy (non-hydrogen) atoms. The first-order valence-electron chi connectivity index (χ1n) is 12.8. The fraction of sp³-hybridized carbons (Fsp3) is 0.333. The van der Waals surface area contributed by atoms with E-state index >= 15 is 0 Å². The van der Waals surface area contributed by atoms with E-state index in [2.05, 4.69) is 5.32 Å². The van der Waals surface area contributed by atoms with Crippen molar-refractivity contribution in [3.8, 4) is 0 Å². The summed E-state index contributed by atoms with van der Waals surface area (Å²) >= 11 is 13.7. The first-order chi connectivity index (χ1) is 18.4. The van der Waals surface area contributed by atoms with Crippen LogP contribution >= 0.6 is 35.0 Å². The molecular weight excluding hydrogens is 542 g/mol. The van der Waals surface area contributed by atoms with Crippen LogP contribution < -0.4 is 5.32 Å². The monoisotopic (exact) mass is 572 g/mol. The van der Waals surface area contributed by atoms with E-state index in [0.29, 0.717) is 22.0 Å². The molecule has 200 valence electrons. The number of nitrogens with one attached hydrogen (secondary N) is 1. The highest BCUT2D eigenvalue weighted by Crippen LogP contribution is 2.25. The molecule has 1 atom stereocenters. The minimum absolute atomic E-state index is 0.0766. The van der Waals surface area contributed by atoms with Crippen molar-refractivity contribution in [3.63, 3.8) is 0 Å². The Balaban J connectivity index is 1.58. The highest BCUT2D eigenvalue weighted by atomic mass is 35.5. The Kier molecular flexibility index (Phi) is 10.5. The van der Waals surface area contributed by atoms with Crippen LogP contribution in [0.3, 0.4) is 0 Å². The second kappa shape index (κ2) is 14.0. The number of hydrogen-bond acceptors (Lipinski definition) is 3. The molecule has 0 unspecified atom stereocenters. The summed E-state index contributed by atoms with van der Waals surface area (Å²) in [5.41, 5.74) is 2.17. The van der Waals surface area contributed by atoms with Crippen LogP contribution in [0.1, 0.15) is 42.4 Å². The van der Waals surface area contributed by atoms with Crippen molar-refractivity contribution in [2.24, 2.45) is 0 Å². The van der Waals surface area contributed by atoms with Gasteiger partial charge in [-0.25, -0.2) is 4.39 Å². The first kappa shape index (κ1) is 28.5. The number of halogens is 3. The Morgan fingerprint density at radius 1 is 0.974 bits per heavy atom. The fourth-order valence-electron chi connectivity index (χ4n) is 4.75. The van der Waals surface area contributed by atoms with Crippen LogP contribution in [0.15, 0.2) is 72.8 Å². The molecule has 0 saturated heterocycles. The van der Waals surface area contributed by atoms with Crippen LogP contribution in [0.4, 0.5) is 4.39 Å². The lowest BCUT2D eigenvalue weighted by Gasteiger charge is -2.32. The van der Waals surface area contributed by atoms with Gasteiger partial charge in [0.25, 0.3) is 0 Å². The summed E-state index contributed by atoms with van der Waals surface area (Å²) in [6, 6.07) is 21.0. The van der Waals surface area contributed by atoms with E-state index in [1.807, 2.05) is 48.5 Å². The molecule has 0 heterocycles. The molecule has 1 aliphatic rings. The van der Waals surface area contributed by atoms with Gasteiger partial charge in [-0.2, -0.15) is 0 Å². The Labute approximate surface area is 237 Å². The predicted octanol–water partition coefficient (Wildman–Crippen LogP) is 7.06. The Morgan fingerprint density at radius 2 is 1.68 bits per heavy atom. The van der Waals surface area contributed by atoms with Gasteiger partial charge in [-0.05, 0) is 48.2 Å². The highest BCUT2D eigenvalue weighted by molar-refractivity contribution is 7.99. The van der Waals surface area contributed by atoms with E-state index in [9.17, 15) is 14.0 Å². The molecule has 1 fully saturated rings. The van der Waals surface area contributed by atoms with Gasteiger partial charge in [-0.15, -0.1) is 11.8 Å². The van der Waals surface area contributed by atoms with Crippen molar-refractivity contribution >= 4 is 46.8 Å². The van der Waals surface area contributed by atoms with E-state index in [0.717, 1.165) is 36.8 Å². The van der Waals surface area contributed by atoms with Gasteiger partial charge in [-0.3, -0.25) is 9.59 Å². The molecule has 0 aromatic heterocycles. The fourth-order valence-corrected chi connectivity index (χ4v) is 6.21. The number of carbonyl (C=O) groups is 2. The van der Waals surface area contributed by atoms with Crippen molar-refractivity contribution in [2.45, 2.75) is 56.5 Å². The van der Waals surface area contributed by atoms with Crippen molar-refractivity contribution in [3.05, 3.63) is 105 Å². The Hall–Kier alpha value is -2.54. The molecule has 4 rings (SSSR count). The molecule has 8 heteroatoms. The lowest BCUT2D eigenvalue weighted by molar-refractivity contribution is -0.139. The van der Waals surface area contributed by atoms with Gasteiger partial charge in [0.1, 0.15) is 11.9 Å². The normalized spacial score (nSPS) is 14.3. The standard InChI is InChI=1S/C30H31Cl2FN2O2S/c31-23-11-6-10-22(16-23)18-35(29(36)20-38-19-25-26(32)14-7-15-27(25)33)28(17-21-8-2-1-3-9-21)30(37)34-24-12-4-5-13-24/h1-3,6-11,14-16,24,28H,4-5,12-13,17-20H2,(H,34,37)/t28-/m1/s1. The molecule has 0 radical (unpaired) electrons. The van der Waals surface area contributed by atoms with Gasteiger partial charge >= 0.3 is 0 Å². The molecule has 0 spiro atoms. The lowest BCUT2D eigenvalue weighted by Crippen LogP contribution is -2.52. The first-order valence-corrected chi connectivity index (χ1v) is 14.7. The van der Waals surface area contributed by atoms with Gasteiger partial charge in [0.15, 0.2) is 0 Å². The Bertz CT molecular complexity index is 1220. The van der Waals surface area contributed by atoms with E-state index < -0.39 is 11.9 Å². The number of amides is 2. The third-order valence-corrected chi connectivity index (χ3v) is 8.28. The summed E-state index contributed by atoms with van der Waals surface area (Å²) in [5, 5.41) is 4.09. The molecule has 4 nitrogen and oxygen atoms in total. The topological polar surface area (TPSA) is 49.4 Å². The molecule has 3 aromatic carbocycles. The smallest absolute Gasteiger partial charge is 0.243 e. The second-order valence-electron chi connectivity index (χ2n) is 9.54. The summed E-state index contributed by atoms with van der Waals surface area (Å²) in [6.07, 6.45) is 4.47. The molecule has 3 aromatic rings. The second-order valence-corrected chi connectivity index (χ2v) is 11.4. The summed E-state index contributed by atoms with van der Waals surface area (Å²) in [6.45, 7) is 0.232. The third kappa shape index (κ3) is 7.98. The molecule has 1 N–H and O–H groups in total. The quantitative estimate of drug-likeness (QED) is 0.267. The summed E-state index contributed by atoms with van der Waals surface area (Å²) in [4.78, 5) is 29.1. The average molecular weight is 574 g/mol. The zero-order chi connectivity index (χ0) is 26.9. The maximum Gasteiger partial charge on any atom is 0.243 e. The molecule has 1 saturated carbocycles. The van der Waals surface area contributed by atoms with Gasteiger partial charge in [-0.1, -0.05) is 84.6 Å². The third-order valence-electron chi connectivity index (χ3n) is 6.75. The van der Waals surface area contributed by atoms with E-state index in [1.54, 1.807) is 23.1 Å². The van der Waals surface area contributed by atoms with Gasteiger partial charge < -0.3 is 10.2 Å². The highest BCUT2D eigenvalue weighted by Gasteiger charge is 2.32. The number of thioether (sulfide) groups is 1. The summed E-state index contributed by atoms with van der Waals surface area (Å²) < 4.78 is 14.3. The van der Waals surface area contributed by atoms with Crippen LogP contribution in [0.5, 0.6) is 0 Å². The van der Waals surface area contributed by atoms with Crippen molar-refractivity contribution in [1.29, 1.82) is 0 Å². The molecule has 0 aliphatic heterocycles. The maximum atomic E-state index is 14.3. The zero-order valence-electron chi connectivity index (χ0n) is 21.0. The van der Waals surface area contributed by atoms with Crippen LogP contribution in [0.25, 0.3) is 0 Å². The van der Waals surface area contributed by atoms with E-state index in [1.165, 1.54) is 17.8 Å². The van der Waals surface area contributed by atoms with E-state index in [-0.39, 0.29) is 35.9 Å². The number of rotatable bonds is 11. The van der Waals surface area contributed by atoms with Crippen molar-refractivity contribution in [2.75, 3.05) is 5.75 Å². The minimum Gasteiger partial charge on any atom is -0.352 e. The van der Waals surface area contributed by atoms with Gasteiger partial charge in [0.2, 0.25) is 11.8 Å². The SMILES string of the molecule is O=C(NC1CCCC1)[C@@H](Cc1ccccc1)N(Cc1cccc(Cl)c1)C(=O)CSCc1c(F)cccc1Cl. The summed E-state index contributed by atoms with van der Waals surface area (Å²) in [7, 11) is 0. The van der Waals surface area contributed by atoms with Crippen LogP contribution in [-0.4, -0.2) is 34.6 Å². The molecule has 1 aliphatic carbocycles. The van der Waals surface area contributed by atoms with Gasteiger partial charge in [0, 0.05) is 40.4 Å². The molecule has 0 bridgehead atoms. The van der Waals surface area contributed by atoms with Gasteiger partial charge in [0.05, 0.1) is 5.75 Å². The Morgan fingerprint density at radius 3 is 2.39 bits per heavy atom. The van der Waals surface area contributed by atoms with Crippen LogP contribution in [0.2, 0.25) is 10.0 Å². The predicted molar refractivity (Wildman–Crippen MR) is 154 cm³/mol. The van der Waals surface area contributed by atoms with E-state index in [4.69, 9.17) is 23.2 Å². The largest absolute Gasteiger partial charge is 0.352 e. The average Bonchev–Trinajstić information content (AvgIpc) is 3.41. The van der Waals surface area contributed by atoms with Crippen molar-refractivity contribution in [1.82, 2.24) is 10.2 Å². The number of nitrogens with zero attached hydrogens (tertiary/aromatic N) is 1. The molecular formula is C30H31Cl2FN2O2S. The lowest BCUT2D eigenvalue weighted by atomic mass is 10.0. The molecule has 2 amide bonds. The van der Waals surface area contributed by atoms with Crippen molar-refractivity contribution < 1.29 is 14.0 Å².